The second-order valence-corrected chi connectivity index (χ2v) is 6.14. The van der Waals surface area contributed by atoms with Gasteiger partial charge in [0.25, 0.3) is 0 Å². The van der Waals surface area contributed by atoms with Gasteiger partial charge in [0.05, 0.1) is 12.0 Å². The second kappa shape index (κ2) is 5.92. The van der Waals surface area contributed by atoms with Crippen molar-refractivity contribution >= 4 is 16.7 Å². The molecule has 0 radical (unpaired) electrons. The molecule has 1 aromatic carbocycles. The van der Waals surface area contributed by atoms with E-state index in [0.717, 1.165) is 53.8 Å². The largest absolute Gasteiger partial charge is 0.493 e. The maximum absolute atomic E-state index is 12.9. The third-order valence-corrected chi connectivity index (χ3v) is 4.62. The first kappa shape index (κ1) is 14.2. The summed E-state index contributed by atoms with van der Waals surface area (Å²) < 4.78 is 5.70. The summed E-state index contributed by atoms with van der Waals surface area (Å²) in [5, 5.41) is 0.947. The van der Waals surface area contributed by atoms with Crippen molar-refractivity contribution < 1.29 is 9.53 Å². The Morgan fingerprint density at radius 1 is 1.29 bits per heavy atom. The molecule has 1 heterocycles. The van der Waals surface area contributed by atoms with Crippen LogP contribution < -0.4 is 4.74 Å². The van der Waals surface area contributed by atoms with Crippen molar-refractivity contribution in [3.05, 3.63) is 30.0 Å². The number of hydrogen-bond acceptors (Lipinski definition) is 2. The molecule has 3 heteroatoms. The van der Waals surface area contributed by atoms with Crippen LogP contribution in [0.25, 0.3) is 10.9 Å². The SMILES string of the molecule is CCOc1cccc2[nH]cc(C(=O)C3CCC(C)CC3)c12. The summed E-state index contributed by atoms with van der Waals surface area (Å²) in [7, 11) is 0. The van der Waals surface area contributed by atoms with Crippen molar-refractivity contribution in [1.82, 2.24) is 4.98 Å². The molecule has 1 N–H and O–H groups in total. The third-order valence-electron chi connectivity index (χ3n) is 4.62. The topological polar surface area (TPSA) is 42.1 Å². The number of nitrogens with one attached hydrogen (secondary N) is 1. The first-order chi connectivity index (χ1) is 10.2. The Morgan fingerprint density at radius 2 is 2.05 bits per heavy atom. The summed E-state index contributed by atoms with van der Waals surface area (Å²) in [5.74, 6) is 2.02. The lowest BCUT2D eigenvalue weighted by atomic mass is 9.79. The number of carbonyl (C=O) groups excluding carboxylic acids is 1. The van der Waals surface area contributed by atoms with Crippen LogP contribution in [0, 0.1) is 11.8 Å². The van der Waals surface area contributed by atoms with E-state index in [9.17, 15) is 4.79 Å². The smallest absolute Gasteiger partial charge is 0.168 e. The number of benzene rings is 1. The molecule has 0 saturated heterocycles. The number of ether oxygens (including phenoxy) is 1. The van der Waals surface area contributed by atoms with Crippen LogP contribution in [-0.4, -0.2) is 17.4 Å². The molecule has 1 aliphatic carbocycles. The molecule has 0 amide bonds. The van der Waals surface area contributed by atoms with E-state index in [0.29, 0.717) is 6.61 Å². The van der Waals surface area contributed by atoms with E-state index in [1.165, 1.54) is 0 Å². The Hall–Kier alpha value is -1.77. The molecule has 1 aliphatic rings. The molecule has 1 aromatic heterocycles. The predicted octanol–water partition coefficient (Wildman–Crippen LogP) is 4.58. The highest BCUT2D eigenvalue weighted by molar-refractivity contribution is 6.10. The van der Waals surface area contributed by atoms with Crippen molar-refractivity contribution in [3.63, 3.8) is 0 Å². The lowest BCUT2D eigenvalue weighted by molar-refractivity contribution is 0.0877. The number of fused-ring (bicyclic) bond motifs is 1. The van der Waals surface area contributed by atoms with Gasteiger partial charge in [0.1, 0.15) is 5.75 Å². The van der Waals surface area contributed by atoms with Gasteiger partial charge < -0.3 is 9.72 Å². The maximum atomic E-state index is 12.9. The predicted molar refractivity (Wildman–Crippen MR) is 84.9 cm³/mol. The highest BCUT2D eigenvalue weighted by Crippen LogP contribution is 2.35. The van der Waals surface area contributed by atoms with Gasteiger partial charge >= 0.3 is 0 Å². The zero-order valence-corrected chi connectivity index (χ0v) is 12.8. The fourth-order valence-corrected chi connectivity index (χ4v) is 3.36. The first-order valence-electron chi connectivity index (χ1n) is 7.97. The molecule has 2 aromatic rings. The summed E-state index contributed by atoms with van der Waals surface area (Å²) in [4.78, 5) is 16.1. The number of aromatic amines is 1. The van der Waals surface area contributed by atoms with Gasteiger partial charge in [-0.1, -0.05) is 25.8 Å². The molecule has 1 saturated carbocycles. The first-order valence-corrected chi connectivity index (χ1v) is 7.97. The highest BCUT2D eigenvalue weighted by Gasteiger charge is 2.27. The van der Waals surface area contributed by atoms with Crippen LogP contribution >= 0.6 is 0 Å². The zero-order chi connectivity index (χ0) is 14.8. The standard InChI is InChI=1S/C18H23NO2/c1-3-21-16-6-4-5-15-17(16)14(11-19-15)18(20)13-9-7-12(2)8-10-13/h4-6,11-13,19H,3,7-10H2,1-2H3. The average molecular weight is 285 g/mol. The van der Waals surface area contributed by atoms with Crippen molar-refractivity contribution in [2.75, 3.05) is 6.61 Å². The molecule has 0 aliphatic heterocycles. The number of rotatable bonds is 4. The van der Waals surface area contributed by atoms with E-state index in [2.05, 4.69) is 11.9 Å². The molecule has 112 valence electrons. The number of H-pyrrole nitrogens is 1. The van der Waals surface area contributed by atoms with Crippen LogP contribution in [-0.2, 0) is 0 Å². The Kier molecular flexibility index (Phi) is 4.00. The maximum Gasteiger partial charge on any atom is 0.168 e. The molecule has 0 atom stereocenters. The van der Waals surface area contributed by atoms with E-state index < -0.39 is 0 Å². The fraction of sp³-hybridized carbons (Fsp3) is 0.500. The van der Waals surface area contributed by atoms with E-state index in [1.807, 2.05) is 31.3 Å². The molecule has 21 heavy (non-hydrogen) atoms. The van der Waals surface area contributed by atoms with Gasteiger partial charge in [-0.2, -0.15) is 0 Å². The van der Waals surface area contributed by atoms with Gasteiger partial charge in [-0.05, 0) is 37.8 Å². The van der Waals surface area contributed by atoms with E-state index in [-0.39, 0.29) is 11.7 Å². The summed E-state index contributed by atoms with van der Waals surface area (Å²) in [5.41, 5.74) is 1.78. The van der Waals surface area contributed by atoms with Crippen molar-refractivity contribution in [2.45, 2.75) is 39.5 Å². The van der Waals surface area contributed by atoms with Crippen molar-refractivity contribution in [2.24, 2.45) is 11.8 Å². The summed E-state index contributed by atoms with van der Waals surface area (Å²) in [6, 6.07) is 5.90. The minimum absolute atomic E-state index is 0.176. The molecule has 3 nitrogen and oxygen atoms in total. The van der Waals surface area contributed by atoms with Gasteiger partial charge in [-0.15, -0.1) is 0 Å². The average Bonchev–Trinajstić information content (AvgIpc) is 2.93. The van der Waals surface area contributed by atoms with E-state index in [4.69, 9.17) is 4.74 Å². The number of carbonyl (C=O) groups is 1. The molecule has 0 unspecified atom stereocenters. The van der Waals surface area contributed by atoms with Crippen LogP contribution in [0.2, 0.25) is 0 Å². The van der Waals surface area contributed by atoms with Crippen LogP contribution in [0.1, 0.15) is 49.9 Å². The molecule has 0 bridgehead atoms. The fourth-order valence-electron chi connectivity index (χ4n) is 3.36. The molecule has 3 rings (SSSR count). The molecule has 1 fully saturated rings. The normalized spacial score (nSPS) is 22.4. The van der Waals surface area contributed by atoms with Gasteiger partial charge in [0, 0.05) is 23.2 Å². The van der Waals surface area contributed by atoms with Gasteiger partial charge in [-0.25, -0.2) is 0 Å². The Labute approximate surface area is 125 Å². The van der Waals surface area contributed by atoms with Crippen LogP contribution in [0.3, 0.4) is 0 Å². The van der Waals surface area contributed by atoms with Gasteiger partial charge in [0.15, 0.2) is 5.78 Å². The molecule has 0 spiro atoms. The quantitative estimate of drug-likeness (QED) is 0.836. The summed E-state index contributed by atoms with van der Waals surface area (Å²) >= 11 is 0. The summed E-state index contributed by atoms with van der Waals surface area (Å²) in [6.07, 6.45) is 6.22. The van der Waals surface area contributed by atoms with Gasteiger partial charge in [-0.3, -0.25) is 4.79 Å². The third kappa shape index (κ3) is 2.69. The molecular weight excluding hydrogens is 262 g/mol. The Bertz CT molecular complexity index is 636. The Morgan fingerprint density at radius 3 is 2.76 bits per heavy atom. The van der Waals surface area contributed by atoms with Crippen LogP contribution in [0.5, 0.6) is 5.75 Å². The zero-order valence-electron chi connectivity index (χ0n) is 12.8. The van der Waals surface area contributed by atoms with Crippen molar-refractivity contribution in [3.8, 4) is 5.75 Å². The second-order valence-electron chi connectivity index (χ2n) is 6.14. The van der Waals surface area contributed by atoms with Crippen molar-refractivity contribution in [1.29, 1.82) is 0 Å². The van der Waals surface area contributed by atoms with Crippen LogP contribution in [0.4, 0.5) is 0 Å². The minimum atomic E-state index is 0.176. The van der Waals surface area contributed by atoms with Crippen LogP contribution in [0.15, 0.2) is 24.4 Å². The lowest BCUT2D eigenvalue weighted by Gasteiger charge is -2.25. The van der Waals surface area contributed by atoms with E-state index >= 15 is 0 Å². The van der Waals surface area contributed by atoms with Gasteiger partial charge in [0.2, 0.25) is 0 Å². The number of Topliss-reactive ketones (excluding diaryl/α,β-unsaturated/α-hetero) is 1. The highest BCUT2D eigenvalue weighted by atomic mass is 16.5. The minimum Gasteiger partial charge on any atom is -0.493 e. The molecular formula is C18H23NO2. The van der Waals surface area contributed by atoms with E-state index in [1.54, 1.807) is 0 Å². The lowest BCUT2D eigenvalue weighted by Crippen LogP contribution is -2.20. The Balaban J connectivity index is 1.94. The number of aromatic nitrogens is 1. The summed E-state index contributed by atoms with van der Waals surface area (Å²) in [6.45, 7) is 4.86. The number of hydrogen-bond donors (Lipinski definition) is 1. The monoisotopic (exact) mass is 285 g/mol. The number of ketones is 1.